The van der Waals surface area contributed by atoms with Crippen LogP contribution in [0, 0.1) is 5.92 Å². The van der Waals surface area contributed by atoms with Gasteiger partial charge in [-0.15, -0.1) is 0 Å². The van der Waals surface area contributed by atoms with E-state index in [-0.39, 0.29) is 11.4 Å². The van der Waals surface area contributed by atoms with Crippen LogP contribution in [-0.4, -0.2) is 46.7 Å². The molecular weight excluding hydrogens is 353 g/mol. The Hall–Kier alpha value is -2.62. The van der Waals surface area contributed by atoms with Gasteiger partial charge in [0.25, 0.3) is 5.91 Å². The highest BCUT2D eigenvalue weighted by atomic mass is 19.4. The summed E-state index contributed by atoms with van der Waals surface area (Å²) in [4.78, 5) is 16.0. The van der Waals surface area contributed by atoms with Gasteiger partial charge in [-0.1, -0.05) is 0 Å². The van der Waals surface area contributed by atoms with Crippen molar-refractivity contribution in [3.63, 3.8) is 0 Å². The van der Waals surface area contributed by atoms with Crippen molar-refractivity contribution in [1.29, 1.82) is 0 Å². The van der Waals surface area contributed by atoms with E-state index >= 15 is 0 Å². The summed E-state index contributed by atoms with van der Waals surface area (Å²) in [5, 5.41) is 6.91. The van der Waals surface area contributed by atoms with E-state index in [9.17, 15) is 18.0 Å². The Morgan fingerprint density at radius 2 is 2.23 bits per heavy atom. The minimum absolute atomic E-state index is 0.196. The number of ether oxygens (including phenoxy) is 2. The van der Waals surface area contributed by atoms with E-state index in [2.05, 4.69) is 20.1 Å². The predicted molar refractivity (Wildman–Crippen MR) is 84.9 cm³/mol. The van der Waals surface area contributed by atoms with Gasteiger partial charge in [0.15, 0.2) is 6.61 Å². The minimum atomic E-state index is -4.44. The Morgan fingerprint density at radius 1 is 1.38 bits per heavy atom. The Kier molecular flexibility index (Phi) is 5.40. The maximum Gasteiger partial charge on any atom is 0.422 e. The van der Waals surface area contributed by atoms with Crippen molar-refractivity contribution in [2.75, 3.05) is 25.1 Å². The molecule has 10 heteroatoms. The first-order valence-corrected chi connectivity index (χ1v) is 7.97. The molecule has 140 valence electrons. The number of alkyl halides is 3. The van der Waals surface area contributed by atoms with Crippen LogP contribution in [0.3, 0.4) is 0 Å². The number of amides is 1. The van der Waals surface area contributed by atoms with E-state index in [0.717, 1.165) is 19.2 Å². The molecule has 0 aliphatic carbocycles. The van der Waals surface area contributed by atoms with Gasteiger partial charge in [-0.3, -0.25) is 4.79 Å². The standard InChI is InChI=1S/C16H17F3N4O3/c17-16(18,19)10-26-14-2-1-12(7-20-14)15(24)22-13-3-5-21-23(13)8-11-4-6-25-9-11/h1-3,5,7,11H,4,6,8-10H2,(H,22,24)/t11-/m0/s1. The molecule has 0 unspecified atom stereocenters. The fourth-order valence-electron chi connectivity index (χ4n) is 2.50. The first-order chi connectivity index (χ1) is 12.4. The number of halogens is 3. The number of nitrogens with zero attached hydrogens (tertiary/aromatic N) is 3. The molecule has 0 spiro atoms. The molecule has 1 atom stereocenters. The summed E-state index contributed by atoms with van der Waals surface area (Å²) in [6.45, 7) is 0.583. The second-order valence-corrected chi connectivity index (χ2v) is 5.87. The molecule has 2 aromatic rings. The summed E-state index contributed by atoms with van der Waals surface area (Å²) in [5.74, 6) is 0.228. The van der Waals surface area contributed by atoms with Gasteiger partial charge in [0, 0.05) is 37.4 Å². The number of carbonyl (C=O) groups excluding carboxylic acids is 1. The van der Waals surface area contributed by atoms with Crippen molar-refractivity contribution in [3.8, 4) is 5.88 Å². The number of pyridine rings is 1. The fraction of sp³-hybridized carbons (Fsp3) is 0.438. The smallest absolute Gasteiger partial charge is 0.422 e. The molecule has 3 heterocycles. The third-order valence-electron chi connectivity index (χ3n) is 3.80. The summed E-state index contributed by atoms with van der Waals surface area (Å²) < 4.78 is 47.9. The third-order valence-corrected chi connectivity index (χ3v) is 3.80. The zero-order valence-electron chi connectivity index (χ0n) is 13.7. The lowest BCUT2D eigenvalue weighted by Crippen LogP contribution is -2.20. The summed E-state index contributed by atoms with van der Waals surface area (Å²) >= 11 is 0. The molecule has 1 aliphatic heterocycles. The van der Waals surface area contributed by atoms with Gasteiger partial charge in [-0.25, -0.2) is 9.67 Å². The van der Waals surface area contributed by atoms with E-state index in [0.29, 0.717) is 24.9 Å². The van der Waals surface area contributed by atoms with Crippen LogP contribution < -0.4 is 10.1 Å². The Bertz CT molecular complexity index is 740. The second kappa shape index (κ2) is 7.73. The lowest BCUT2D eigenvalue weighted by Gasteiger charge is -2.12. The van der Waals surface area contributed by atoms with Crippen LogP contribution in [-0.2, 0) is 11.3 Å². The van der Waals surface area contributed by atoms with Crippen LogP contribution in [0.1, 0.15) is 16.8 Å². The molecular formula is C16H17F3N4O3. The van der Waals surface area contributed by atoms with E-state index in [1.807, 2.05) is 0 Å². The van der Waals surface area contributed by atoms with Crippen LogP contribution in [0.2, 0.25) is 0 Å². The van der Waals surface area contributed by atoms with Gasteiger partial charge >= 0.3 is 6.18 Å². The molecule has 3 rings (SSSR count). The number of aromatic nitrogens is 3. The lowest BCUT2D eigenvalue weighted by molar-refractivity contribution is -0.154. The molecule has 0 bridgehead atoms. The van der Waals surface area contributed by atoms with Gasteiger partial charge in [-0.05, 0) is 12.5 Å². The average molecular weight is 370 g/mol. The van der Waals surface area contributed by atoms with Crippen molar-refractivity contribution < 1.29 is 27.4 Å². The third kappa shape index (κ3) is 4.94. The number of anilines is 1. The molecule has 1 amide bonds. The molecule has 0 saturated carbocycles. The zero-order chi connectivity index (χ0) is 18.6. The lowest BCUT2D eigenvalue weighted by atomic mass is 10.1. The maximum absolute atomic E-state index is 12.3. The van der Waals surface area contributed by atoms with Crippen LogP contribution in [0.5, 0.6) is 5.88 Å². The largest absolute Gasteiger partial charge is 0.468 e. The molecule has 26 heavy (non-hydrogen) atoms. The van der Waals surface area contributed by atoms with Gasteiger partial charge in [0.1, 0.15) is 5.82 Å². The Balaban J connectivity index is 1.59. The topological polar surface area (TPSA) is 78.3 Å². The second-order valence-electron chi connectivity index (χ2n) is 5.87. The molecule has 2 aromatic heterocycles. The first-order valence-electron chi connectivity index (χ1n) is 7.97. The predicted octanol–water partition coefficient (Wildman–Crippen LogP) is 2.51. The van der Waals surface area contributed by atoms with Crippen molar-refractivity contribution in [2.45, 2.75) is 19.1 Å². The van der Waals surface area contributed by atoms with Crippen molar-refractivity contribution in [2.24, 2.45) is 5.92 Å². The average Bonchev–Trinajstić information content (AvgIpc) is 3.26. The summed E-state index contributed by atoms with van der Waals surface area (Å²) in [7, 11) is 0. The number of nitrogens with one attached hydrogen (secondary N) is 1. The zero-order valence-corrected chi connectivity index (χ0v) is 13.7. The highest BCUT2D eigenvalue weighted by molar-refractivity contribution is 6.03. The number of hydrogen-bond acceptors (Lipinski definition) is 5. The molecule has 1 N–H and O–H groups in total. The first kappa shape index (κ1) is 18.2. The normalized spacial score (nSPS) is 17.3. The Morgan fingerprint density at radius 3 is 2.88 bits per heavy atom. The minimum Gasteiger partial charge on any atom is -0.468 e. The highest BCUT2D eigenvalue weighted by Crippen LogP contribution is 2.19. The molecule has 7 nitrogen and oxygen atoms in total. The summed E-state index contributed by atoms with van der Waals surface area (Å²) in [6, 6.07) is 4.23. The van der Waals surface area contributed by atoms with E-state index < -0.39 is 18.7 Å². The van der Waals surface area contributed by atoms with Gasteiger partial charge in [-0.2, -0.15) is 18.3 Å². The van der Waals surface area contributed by atoms with Crippen molar-refractivity contribution in [1.82, 2.24) is 14.8 Å². The van der Waals surface area contributed by atoms with Gasteiger partial charge < -0.3 is 14.8 Å². The van der Waals surface area contributed by atoms with Crippen LogP contribution >= 0.6 is 0 Å². The maximum atomic E-state index is 12.3. The van der Waals surface area contributed by atoms with Gasteiger partial charge in [0.05, 0.1) is 18.4 Å². The highest BCUT2D eigenvalue weighted by Gasteiger charge is 2.28. The van der Waals surface area contributed by atoms with Gasteiger partial charge in [0.2, 0.25) is 5.88 Å². The monoisotopic (exact) mass is 370 g/mol. The SMILES string of the molecule is O=C(Nc1ccnn1C[C@@H]1CCOC1)c1ccc(OCC(F)(F)F)nc1. The summed E-state index contributed by atoms with van der Waals surface area (Å²) in [6.07, 6.45) is -0.763. The number of rotatable bonds is 6. The van der Waals surface area contributed by atoms with E-state index in [4.69, 9.17) is 4.74 Å². The molecule has 1 fully saturated rings. The Labute approximate surface area is 147 Å². The van der Waals surface area contributed by atoms with Crippen molar-refractivity contribution >= 4 is 11.7 Å². The number of carbonyl (C=O) groups is 1. The van der Waals surface area contributed by atoms with E-state index in [1.165, 1.54) is 12.1 Å². The van der Waals surface area contributed by atoms with Crippen LogP contribution in [0.4, 0.5) is 19.0 Å². The van der Waals surface area contributed by atoms with E-state index in [1.54, 1.807) is 16.9 Å². The molecule has 0 aromatic carbocycles. The number of hydrogen-bond donors (Lipinski definition) is 1. The molecule has 0 radical (unpaired) electrons. The summed E-state index contributed by atoms with van der Waals surface area (Å²) in [5.41, 5.74) is 0.196. The fourth-order valence-corrected chi connectivity index (χ4v) is 2.50. The van der Waals surface area contributed by atoms with Crippen LogP contribution in [0.15, 0.2) is 30.6 Å². The quantitative estimate of drug-likeness (QED) is 0.845. The molecule has 1 aliphatic rings. The van der Waals surface area contributed by atoms with Crippen molar-refractivity contribution in [3.05, 3.63) is 36.2 Å². The molecule has 1 saturated heterocycles. The van der Waals surface area contributed by atoms with Crippen LogP contribution in [0.25, 0.3) is 0 Å².